The number of urea groups is 1. The van der Waals surface area contributed by atoms with Gasteiger partial charge in [0, 0.05) is 32.7 Å². The van der Waals surface area contributed by atoms with Crippen molar-refractivity contribution in [2.75, 3.05) is 46.8 Å². The van der Waals surface area contributed by atoms with E-state index in [2.05, 4.69) is 10.2 Å². The monoisotopic (exact) mass is 444 g/mol. The third-order valence-corrected chi connectivity index (χ3v) is 7.79. The number of likely N-dealkylation sites (N-methyl/N-ethyl adjacent to an activating group) is 1. The van der Waals surface area contributed by atoms with Crippen LogP contribution in [0, 0.1) is 13.8 Å². The van der Waals surface area contributed by atoms with E-state index in [-0.39, 0.29) is 12.1 Å². The predicted molar refractivity (Wildman–Crippen MR) is 123 cm³/mol. The number of hydrogen-bond acceptors (Lipinski definition) is 4. The minimum atomic E-state index is -3.56. The van der Waals surface area contributed by atoms with Crippen LogP contribution >= 0.6 is 0 Å². The molecule has 0 radical (unpaired) electrons. The highest BCUT2D eigenvalue weighted by Crippen LogP contribution is 2.21. The number of sulfonamides is 1. The Morgan fingerprint density at radius 1 is 1.00 bits per heavy atom. The summed E-state index contributed by atoms with van der Waals surface area (Å²) in [6, 6.07) is 15.2. The molecule has 1 N–H and O–H groups in total. The average Bonchev–Trinajstić information content (AvgIpc) is 2.76. The fourth-order valence-corrected chi connectivity index (χ4v) is 5.23. The SMILES string of the molecule is Cc1ccc(S(=O)(=O)N2CCN(C(=O)NCC(c3ccccc3)N(C)C)CC2)cc1C. The lowest BCUT2D eigenvalue weighted by Gasteiger charge is -2.34. The second-order valence-corrected chi connectivity index (χ2v) is 10.2. The number of nitrogens with one attached hydrogen (secondary N) is 1. The van der Waals surface area contributed by atoms with Gasteiger partial charge in [-0.1, -0.05) is 36.4 Å². The molecule has 1 aliphatic heterocycles. The zero-order valence-corrected chi connectivity index (χ0v) is 19.5. The van der Waals surface area contributed by atoms with Crippen LogP contribution in [0.5, 0.6) is 0 Å². The van der Waals surface area contributed by atoms with Gasteiger partial charge in [0.05, 0.1) is 10.9 Å². The molecule has 1 heterocycles. The van der Waals surface area contributed by atoms with Gasteiger partial charge >= 0.3 is 6.03 Å². The van der Waals surface area contributed by atoms with Gasteiger partial charge in [-0.2, -0.15) is 4.31 Å². The number of piperazine rings is 1. The summed E-state index contributed by atoms with van der Waals surface area (Å²) < 4.78 is 27.4. The largest absolute Gasteiger partial charge is 0.336 e. The molecular formula is C23H32N4O3S. The molecule has 7 nitrogen and oxygen atoms in total. The highest BCUT2D eigenvalue weighted by Gasteiger charge is 2.30. The summed E-state index contributed by atoms with van der Waals surface area (Å²) in [5, 5.41) is 3.01. The van der Waals surface area contributed by atoms with E-state index in [1.165, 1.54) is 4.31 Å². The molecule has 1 saturated heterocycles. The standard InChI is InChI=1S/C23H32N4O3S/c1-18-10-11-21(16-19(18)2)31(29,30)27-14-12-26(13-15-27)23(28)24-17-22(25(3)4)20-8-6-5-7-9-20/h5-11,16,22H,12-15,17H2,1-4H3,(H,24,28). The van der Waals surface area contributed by atoms with Gasteiger partial charge < -0.3 is 15.1 Å². The van der Waals surface area contributed by atoms with Gasteiger partial charge in [0.2, 0.25) is 10.0 Å². The predicted octanol–water partition coefficient (Wildman–Crippen LogP) is 2.62. The fourth-order valence-electron chi connectivity index (χ4n) is 3.72. The van der Waals surface area contributed by atoms with Crippen LogP contribution in [0.3, 0.4) is 0 Å². The Bertz CT molecular complexity index is 1000. The molecule has 168 valence electrons. The zero-order chi connectivity index (χ0) is 22.6. The van der Waals surface area contributed by atoms with Gasteiger partial charge in [-0.3, -0.25) is 0 Å². The molecule has 0 spiro atoms. The number of aryl methyl sites for hydroxylation is 2. The Morgan fingerprint density at radius 3 is 2.23 bits per heavy atom. The third-order valence-electron chi connectivity index (χ3n) is 5.90. The van der Waals surface area contributed by atoms with Crippen LogP contribution in [0.4, 0.5) is 4.79 Å². The van der Waals surface area contributed by atoms with Crippen molar-refractivity contribution < 1.29 is 13.2 Å². The summed E-state index contributed by atoms with van der Waals surface area (Å²) >= 11 is 0. The van der Waals surface area contributed by atoms with Crippen molar-refractivity contribution >= 4 is 16.1 Å². The van der Waals surface area contributed by atoms with Gasteiger partial charge in [0.15, 0.2) is 0 Å². The molecule has 0 saturated carbocycles. The maximum Gasteiger partial charge on any atom is 0.317 e. The topological polar surface area (TPSA) is 73.0 Å². The Kier molecular flexibility index (Phi) is 7.35. The number of benzene rings is 2. The Balaban J connectivity index is 1.57. The lowest BCUT2D eigenvalue weighted by molar-refractivity contribution is 0.168. The van der Waals surface area contributed by atoms with Crippen molar-refractivity contribution in [2.45, 2.75) is 24.8 Å². The highest BCUT2D eigenvalue weighted by atomic mass is 32.2. The molecule has 0 aromatic heterocycles. The van der Waals surface area contributed by atoms with E-state index in [1.54, 1.807) is 17.0 Å². The van der Waals surface area contributed by atoms with Crippen LogP contribution in [0.15, 0.2) is 53.4 Å². The van der Waals surface area contributed by atoms with E-state index in [0.29, 0.717) is 37.6 Å². The number of amides is 2. The lowest BCUT2D eigenvalue weighted by Crippen LogP contribution is -2.53. The summed E-state index contributed by atoms with van der Waals surface area (Å²) in [5.74, 6) is 0. The van der Waals surface area contributed by atoms with E-state index < -0.39 is 10.0 Å². The van der Waals surface area contributed by atoms with E-state index in [1.807, 2.05) is 64.3 Å². The highest BCUT2D eigenvalue weighted by molar-refractivity contribution is 7.89. The van der Waals surface area contributed by atoms with Crippen LogP contribution in [-0.4, -0.2) is 75.4 Å². The number of nitrogens with zero attached hydrogens (tertiary/aromatic N) is 3. The molecule has 2 amide bonds. The second-order valence-electron chi connectivity index (χ2n) is 8.21. The van der Waals surface area contributed by atoms with Crippen molar-refractivity contribution in [3.8, 4) is 0 Å². The van der Waals surface area contributed by atoms with Crippen LogP contribution in [0.2, 0.25) is 0 Å². The first-order valence-electron chi connectivity index (χ1n) is 10.5. The van der Waals surface area contributed by atoms with E-state index in [9.17, 15) is 13.2 Å². The zero-order valence-electron chi connectivity index (χ0n) is 18.7. The molecule has 2 aromatic carbocycles. The maximum absolute atomic E-state index is 13.0. The average molecular weight is 445 g/mol. The lowest BCUT2D eigenvalue weighted by atomic mass is 10.1. The van der Waals surface area contributed by atoms with E-state index in [4.69, 9.17) is 0 Å². The summed E-state index contributed by atoms with van der Waals surface area (Å²) in [5.41, 5.74) is 3.15. The number of rotatable bonds is 6. The molecular weight excluding hydrogens is 412 g/mol. The molecule has 1 unspecified atom stereocenters. The summed E-state index contributed by atoms with van der Waals surface area (Å²) in [4.78, 5) is 16.8. The molecule has 1 atom stereocenters. The minimum absolute atomic E-state index is 0.0663. The normalized spacial score (nSPS) is 16.4. The Morgan fingerprint density at radius 2 is 1.65 bits per heavy atom. The van der Waals surface area contributed by atoms with E-state index in [0.717, 1.165) is 16.7 Å². The number of carbonyl (C=O) groups excluding carboxylic acids is 1. The quantitative estimate of drug-likeness (QED) is 0.743. The summed E-state index contributed by atoms with van der Waals surface area (Å²) in [6.07, 6.45) is 0. The third kappa shape index (κ3) is 5.44. The van der Waals surface area contributed by atoms with Gasteiger partial charge in [-0.05, 0) is 56.8 Å². The Labute approximate surface area is 185 Å². The van der Waals surface area contributed by atoms with Crippen LogP contribution in [0.25, 0.3) is 0 Å². The van der Waals surface area contributed by atoms with Crippen molar-refractivity contribution in [1.82, 2.24) is 19.4 Å². The van der Waals surface area contributed by atoms with Gasteiger partial charge in [0.25, 0.3) is 0 Å². The van der Waals surface area contributed by atoms with Crippen molar-refractivity contribution in [2.24, 2.45) is 0 Å². The minimum Gasteiger partial charge on any atom is -0.336 e. The van der Waals surface area contributed by atoms with Crippen molar-refractivity contribution in [1.29, 1.82) is 0 Å². The first kappa shape index (κ1) is 23.2. The molecule has 31 heavy (non-hydrogen) atoms. The van der Waals surface area contributed by atoms with Gasteiger partial charge in [-0.25, -0.2) is 13.2 Å². The fraction of sp³-hybridized carbons (Fsp3) is 0.435. The number of carbonyl (C=O) groups is 1. The van der Waals surface area contributed by atoms with Gasteiger partial charge in [-0.15, -0.1) is 0 Å². The maximum atomic E-state index is 13.0. The molecule has 2 aromatic rings. The molecule has 1 aliphatic rings. The number of hydrogen-bond donors (Lipinski definition) is 1. The van der Waals surface area contributed by atoms with Crippen LogP contribution in [-0.2, 0) is 10.0 Å². The molecule has 1 fully saturated rings. The first-order chi connectivity index (χ1) is 14.7. The summed E-state index contributed by atoms with van der Waals surface area (Å²) in [6.45, 7) is 5.67. The van der Waals surface area contributed by atoms with Gasteiger partial charge in [0.1, 0.15) is 0 Å². The second kappa shape index (κ2) is 9.80. The summed E-state index contributed by atoms with van der Waals surface area (Å²) in [7, 11) is 0.418. The van der Waals surface area contributed by atoms with Crippen molar-refractivity contribution in [3.63, 3.8) is 0 Å². The Hall–Kier alpha value is -2.42. The van der Waals surface area contributed by atoms with E-state index >= 15 is 0 Å². The smallest absolute Gasteiger partial charge is 0.317 e. The first-order valence-corrected chi connectivity index (χ1v) is 12.0. The molecule has 0 aliphatic carbocycles. The van der Waals surface area contributed by atoms with Crippen molar-refractivity contribution in [3.05, 3.63) is 65.2 Å². The van der Waals surface area contributed by atoms with Crippen LogP contribution in [0.1, 0.15) is 22.7 Å². The molecule has 3 rings (SSSR count). The molecule has 8 heteroatoms. The van der Waals surface area contributed by atoms with Crippen LogP contribution < -0.4 is 5.32 Å². The molecule has 0 bridgehead atoms.